The second kappa shape index (κ2) is 3.30. The topological polar surface area (TPSA) is 17.1 Å². The Kier molecular flexibility index (Phi) is 2.63. The summed E-state index contributed by atoms with van der Waals surface area (Å²) in [5, 5.41) is 1.96. The highest BCUT2D eigenvalue weighted by Crippen LogP contribution is 2.36. The van der Waals surface area contributed by atoms with Gasteiger partial charge in [-0.25, -0.2) is 0 Å². The molecule has 1 aliphatic rings. The molecule has 0 aliphatic carbocycles. The van der Waals surface area contributed by atoms with Gasteiger partial charge in [-0.05, 0) is 17.9 Å². The monoisotopic (exact) mass is 172 g/mol. The van der Waals surface area contributed by atoms with Gasteiger partial charge in [0, 0.05) is 0 Å². The van der Waals surface area contributed by atoms with Gasteiger partial charge in [0.25, 0.3) is 0 Å². The second-order valence-electron chi connectivity index (χ2n) is 2.09. The summed E-state index contributed by atoms with van der Waals surface area (Å²) in [6, 6.07) is 0. The van der Waals surface area contributed by atoms with E-state index in [2.05, 4.69) is 6.58 Å². The Hall–Kier alpha value is -0.150. The molecule has 0 fully saturated rings. The maximum Gasteiger partial charge on any atom is 0.175 e. The van der Waals surface area contributed by atoms with Crippen LogP contribution in [0.3, 0.4) is 0 Å². The molecule has 0 saturated heterocycles. The third kappa shape index (κ3) is 1.67. The van der Waals surface area contributed by atoms with Crippen LogP contribution < -0.4 is 0 Å². The van der Waals surface area contributed by atoms with Gasteiger partial charge in [-0.1, -0.05) is 34.2 Å². The van der Waals surface area contributed by atoms with E-state index in [1.807, 2.05) is 11.5 Å². The Bertz CT molecular complexity index is 196. The van der Waals surface area contributed by atoms with E-state index in [0.717, 1.165) is 0 Å². The van der Waals surface area contributed by atoms with E-state index in [-0.39, 0.29) is 11.0 Å². The van der Waals surface area contributed by atoms with Crippen molar-refractivity contribution in [1.29, 1.82) is 0 Å². The van der Waals surface area contributed by atoms with Gasteiger partial charge in [-0.3, -0.25) is 4.79 Å². The van der Waals surface area contributed by atoms with Crippen molar-refractivity contribution in [1.82, 2.24) is 0 Å². The zero-order valence-electron chi connectivity index (χ0n) is 5.66. The zero-order valence-corrected chi connectivity index (χ0v) is 7.30. The highest BCUT2D eigenvalue weighted by molar-refractivity contribution is 8.78. The molecule has 10 heavy (non-hydrogen) atoms. The summed E-state index contributed by atoms with van der Waals surface area (Å²) in [4.78, 5) is 11.2. The molecule has 0 aromatic heterocycles. The van der Waals surface area contributed by atoms with Crippen LogP contribution in [0.5, 0.6) is 0 Å². The fraction of sp³-hybridized carbons (Fsp3) is 0.286. The van der Waals surface area contributed by atoms with Crippen molar-refractivity contribution in [3.05, 3.63) is 23.6 Å². The SMILES string of the molecule is C=C(C)C(=O)C1C=CSS1. The number of hydrogen-bond acceptors (Lipinski definition) is 3. The van der Waals surface area contributed by atoms with Crippen molar-refractivity contribution >= 4 is 27.4 Å². The molecule has 0 amide bonds. The smallest absolute Gasteiger partial charge is 0.175 e. The van der Waals surface area contributed by atoms with E-state index in [1.54, 1.807) is 28.5 Å². The van der Waals surface area contributed by atoms with Crippen LogP contribution in [0.4, 0.5) is 0 Å². The molecule has 3 heteroatoms. The zero-order chi connectivity index (χ0) is 7.56. The molecule has 0 radical (unpaired) electrons. The van der Waals surface area contributed by atoms with Crippen molar-refractivity contribution in [2.45, 2.75) is 12.2 Å². The average molecular weight is 172 g/mol. The molecule has 1 aliphatic heterocycles. The lowest BCUT2D eigenvalue weighted by molar-refractivity contribution is -0.114. The van der Waals surface area contributed by atoms with Gasteiger partial charge >= 0.3 is 0 Å². The van der Waals surface area contributed by atoms with Crippen molar-refractivity contribution in [2.24, 2.45) is 0 Å². The molecule has 0 aromatic rings. The molecule has 1 heterocycles. The minimum absolute atomic E-state index is 0.0162. The molecule has 0 saturated carbocycles. The van der Waals surface area contributed by atoms with Crippen LogP contribution in [0.25, 0.3) is 0 Å². The summed E-state index contributed by atoms with van der Waals surface area (Å²) in [6.07, 6.45) is 1.91. The Morgan fingerprint density at radius 1 is 1.70 bits per heavy atom. The molecular weight excluding hydrogens is 164 g/mol. The molecule has 1 atom stereocenters. The predicted octanol–water partition coefficient (Wildman–Crippen LogP) is 2.41. The number of hydrogen-bond donors (Lipinski definition) is 0. The van der Waals surface area contributed by atoms with Gasteiger partial charge in [-0.2, -0.15) is 0 Å². The molecule has 0 spiro atoms. The minimum Gasteiger partial charge on any atom is -0.293 e. The van der Waals surface area contributed by atoms with Crippen molar-refractivity contribution in [2.75, 3.05) is 0 Å². The normalized spacial score (nSPS) is 23.1. The van der Waals surface area contributed by atoms with Crippen LogP contribution in [-0.4, -0.2) is 11.0 Å². The molecule has 1 unspecified atom stereocenters. The van der Waals surface area contributed by atoms with Crippen molar-refractivity contribution in [3.63, 3.8) is 0 Å². The number of rotatable bonds is 2. The van der Waals surface area contributed by atoms with Gasteiger partial charge in [0.1, 0.15) is 0 Å². The standard InChI is InChI=1S/C7H8OS2/c1-5(2)7(8)6-3-4-9-10-6/h3-4,6H,1H2,2H3. The summed E-state index contributed by atoms with van der Waals surface area (Å²) in [6.45, 7) is 5.34. The fourth-order valence-corrected chi connectivity index (χ4v) is 2.74. The first kappa shape index (κ1) is 7.95. The number of Topliss-reactive ketones (excluding diaryl/α,β-unsaturated/α-hetero) is 1. The first-order valence-electron chi connectivity index (χ1n) is 2.90. The van der Waals surface area contributed by atoms with E-state index in [4.69, 9.17) is 0 Å². The minimum atomic E-state index is 0.0162. The summed E-state index contributed by atoms with van der Waals surface area (Å²) in [5.41, 5.74) is 0.643. The maximum atomic E-state index is 11.2. The number of allylic oxidation sites excluding steroid dienone is 1. The Morgan fingerprint density at radius 2 is 2.40 bits per heavy atom. The third-order valence-electron chi connectivity index (χ3n) is 1.15. The molecule has 1 nitrogen and oxygen atoms in total. The Labute approximate surface area is 68.4 Å². The van der Waals surface area contributed by atoms with Gasteiger partial charge in [-0.15, -0.1) is 0 Å². The number of carbonyl (C=O) groups is 1. The second-order valence-corrected chi connectivity index (χ2v) is 4.41. The molecule has 1 rings (SSSR count). The first-order valence-corrected chi connectivity index (χ1v) is 5.18. The van der Waals surface area contributed by atoms with E-state index >= 15 is 0 Å². The Morgan fingerprint density at radius 3 is 2.80 bits per heavy atom. The molecule has 0 bridgehead atoms. The maximum absolute atomic E-state index is 11.2. The summed E-state index contributed by atoms with van der Waals surface area (Å²) in [5.74, 6) is 0.145. The van der Waals surface area contributed by atoms with Crippen molar-refractivity contribution < 1.29 is 4.79 Å². The van der Waals surface area contributed by atoms with Crippen LogP contribution in [0.15, 0.2) is 23.6 Å². The van der Waals surface area contributed by atoms with Gasteiger partial charge in [0.05, 0.1) is 5.25 Å². The van der Waals surface area contributed by atoms with Crippen LogP contribution in [0.2, 0.25) is 0 Å². The van der Waals surface area contributed by atoms with Crippen LogP contribution in [-0.2, 0) is 4.79 Å². The number of ketones is 1. The van der Waals surface area contributed by atoms with E-state index in [1.165, 1.54) is 0 Å². The van der Waals surface area contributed by atoms with Gasteiger partial charge in [0.2, 0.25) is 0 Å². The fourth-order valence-electron chi connectivity index (χ4n) is 0.601. The average Bonchev–Trinajstić information content (AvgIpc) is 2.36. The lowest BCUT2D eigenvalue weighted by Gasteiger charge is -2.02. The Balaban J connectivity index is 2.57. The quantitative estimate of drug-likeness (QED) is 0.470. The summed E-state index contributed by atoms with van der Waals surface area (Å²) >= 11 is 0. The predicted molar refractivity (Wildman–Crippen MR) is 47.9 cm³/mol. The van der Waals surface area contributed by atoms with Gasteiger partial charge < -0.3 is 0 Å². The largest absolute Gasteiger partial charge is 0.293 e. The van der Waals surface area contributed by atoms with E-state index in [0.29, 0.717) is 5.57 Å². The summed E-state index contributed by atoms with van der Waals surface area (Å²) in [7, 11) is 3.18. The first-order chi connectivity index (χ1) is 4.72. The molecule has 0 N–H and O–H groups in total. The van der Waals surface area contributed by atoms with Crippen LogP contribution in [0, 0.1) is 0 Å². The highest BCUT2D eigenvalue weighted by atomic mass is 33.1. The lowest BCUT2D eigenvalue weighted by atomic mass is 10.1. The van der Waals surface area contributed by atoms with Crippen LogP contribution in [0.1, 0.15) is 6.92 Å². The third-order valence-corrected chi connectivity index (χ3v) is 3.39. The van der Waals surface area contributed by atoms with Gasteiger partial charge in [0.15, 0.2) is 5.78 Å². The van der Waals surface area contributed by atoms with E-state index in [9.17, 15) is 4.79 Å². The molecule has 54 valence electrons. The van der Waals surface area contributed by atoms with Crippen molar-refractivity contribution in [3.8, 4) is 0 Å². The lowest BCUT2D eigenvalue weighted by Crippen LogP contribution is -2.12. The van der Waals surface area contributed by atoms with Crippen LogP contribution >= 0.6 is 21.6 Å². The molecular formula is C7H8OS2. The number of carbonyl (C=O) groups excluding carboxylic acids is 1. The highest BCUT2D eigenvalue weighted by Gasteiger charge is 2.19. The molecule has 0 aromatic carbocycles. The summed E-state index contributed by atoms with van der Waals surface area (Å²) < 4.78 is 0. The van der Waals surface area contributed by atoms with E-state index < -0.39 is 0 Å².